The average molecular weight is 272 g/mol. The Bertz CT molecular complexity index is 535. The molecule has 0 heterocycles. The summed E-state index contributed by atoms with van der Waals surface area (Å²) < 4.78 is 18.1. The molecule has 2 aromatic carbocycles. The van der Waals surface area contributed by atoms with Crippen LogP contribution in [0.1, 0.15) is 11.1 Å². The van der Waals surface area contributed by atoms with Gasteiger partial charge in [-0.05, 0) is 29.7 Å². The molecule has 0 bridgehead atoms. The van der Waals surface area contributed by atoms with Crippen molar-refractivity contribution in [2.24, 2.45) is 0 Å². The molecule has 0 atom stereocenters. The smallest absolute Gasteiger partial charge is 0.162 e. The Morgan fingerprint density at radius 2 is 1.65 bits per heavy atom. The molecule has 0 aliphatic heterocycles. The standard InChI is InChI=1S/C17H17FO2/c18-16-8-6-15(7-9-16)12-17(19)13-20-11-10-14-4-2-1-3-5-14/h1-9H,10-13H2. The van der Waals surface area contributed by atoms with Gasteiger partial charge in [0, 0.05) is 6.42 Å². The van der Waals surface area contributed by atoms with Gasteiger partial charge in [0.05, 0.1) is 6.61 Å². The van der Waals surface area contributed by atoms with Crippen LogP contribution in [-0.4, -0.2) is 19.0 Å². The maximum absolute atomic E-state index is 12.7. The van der Waals surface area contributed by atoms with Crippen LogP contribution < -0.4 is 0 Å². The second-order valence-corrected chi connectivity index (χ2v) is 4.63. The highest BCUT2D eigenvalue weighted by molar-refractivity contribution is 5.82. The van der Waals surface area contributed by atoms with Crippen LogP contribution in [-0.2, 0) is 22.4 Å². The Kier molecular flexibility index (Phi) is 5.44. The van der Waals surface area contributed by atoms with Crippen LogP contribution in [0.2, 0.25) is 0 Å². The van der Waals surface area contributed by atoms with E-state index in [-0.39, 0.29) is 24.6 Å². The van der Waals surface area contributed by atoms with Gasteiger partial charge in [0.25, 0.3) is 0 Å². The zero-order chi connectivity index (χ0) is 14.2. The predicted molar refractivity (Wildman–Crippen MR) is 76.1 cm³/mol. The molecule has 2 rings (SSSR count). The fourth-order valence-corrected chi connectivity index (χ4v) is 1.90. The lowest BCUT2D eigenvalue weighted by atomic mass is 10.1. The summed E-state index contributed by atoms with van der Waals surface area (Å²) in [5, 5.41) is 0. The number of rotatable bonds is 7. The van der Waals surface area contributed by atoms with Crippen molar-refractivity contribution in [1.82, 2.24) is 0 Å². The Balaban J connectivity index is 1.66. The lowest BCUT2D eigenvalue weighted by molar-refractivity contribution is -0.122. The van der Waals surface area contributed by atoms with E-state index in [2.05, 4.69) is 0 Å². The van der Waals surface area contributed by atoms with Gasteiger partial charge in [-0.15, -0.1) is 0 Å². The van der Waals surface area contributed by atoms with Crippen molar-refractivity contribution in [2.75, 3.05) is 13.2 Å². The van der Waals surface area contributed by atoms with E-state index in [1.807, 2.05) is 30.3 Å². The van der Waals surface area contributed by atoms with Crippen molar-refractivity contribution in [3.8, 4) is 0 Å². The van der Waals surface area contributed by atoms with Gasteiger partial charge in [0.1, 0.15) is 12.4 Å². The molecular weight excluding hydrogens is 255 g/mol. The molecule has 0 aliphatic rings. The monoisotopic (exact) mass is 272 g/mol. The Labute approximate surface area is 118 Å². The molecule has 0 spiro atoms. The van der Waals surface area contributed by atoms with E-state index in [1.54, 1.807) is 12.1 Å². The molecule has 0 radical (unpaired) electrons. The highest BCUT2D eigenvalue weighted by atomic mass is 19.1. The third kappa shape index (κ3) is 4.94. The van der Waals surface area contributed by atoms with Gasteiger partial charge in [0.15, 0.2) is 5.78 Å². The minimum atomic E-state index is -0.291. The summed E-state index contributed by atoms with van der Waals surface area (Å²) in [6.45, 7) is 0.628. The molecule has 3 heteroatoms. The third-order valence-corrected chi connectivity index (χ3v) is 2.96. The van der Waals surface area contributed by atoms with Crippen LogP contribution in [0.15, 0.2) is 54.6 Å². The van der Waals surface area contributed by atoms with Crippen LogP contribution in [0.25, 0.3) is 0 Å². The molecule has 20 heavy (non-hydrogen) atoms. The zero-order valence-electron chi connectivity index (χ0n) is 11.2. The van der Waals surface area contributed by atoms with E-state index in [0.717, 1.165) is 12.0 Å². The fourth-order valence-electron chi connectivity index (χ4n) is 1.90. The van der Waals surface area contributed by atoms with Crippen molar-refractivity contribution >= 4 is 5.78 Å². The maximum Gasteiger partial charge on any atom is 0.162 e. The topological polar surface area (TPSA) is 26.3 Å². The van der Waals surface area contributed by atoms with Crippen molar-refractivity contribution in [3.05, 3.63) is 71.5 Å². The molecule has 2 aromatic rings. The van der Waals surface area contributed by atoms with Crippen molar-refractivity contribution in [1.29, 1.82) is 0 Å². The second-order valence-electron chi connectivity index (χ2n) is 4.63. The number of carbonyl (C=O) groups excluding carboxylic acids is 1. The molecule has 104 valence electrons. The van der Waals surface area contributed by atoms with E-state index >= 15 is 0 Å². The first-order valence-electron chi connectivity index (χ1n) is 6.62. The van der Waals surface area contributed by atoms with Gasteiger partial charge in [-0.3, -0.25) is 4.79 Å². The van der Waals surface area contributed by atoms with Crippen LogP contribution in [0, 0.1) is 5.82 Å². The van der Waals surface area contributed by atoms with Crippen LogP contribution >= 0.6 is 0 Å². The number of Topliss-reactive ketones (excluding diaryl/α,β-unsaturated/α-hetero) is 1. The first kappa shape index (κ1) is 14.4. The summed E-state index contributed by atoms with van der Waals surface area (Å²) in [4.78, 5) is 11.7. The van der Waals surface area contributed by atoms with E-state index in [1.165, 1.54) is 17.7 Å². The van der Waals surface area contributed by atoms with Crippen molar-refractivity contribution in [3.63, 3.8) is 0 Å². The number of carbonyl (C=O) groups is 1. The summed E-state index contributed by atoms with van der Waals surface area (Å²) >= 11 is 0. The SMILES string of the molecule is O=C(COCCc1ccccc1)Cc1ccc(F)cc1. The molecule has 0 saturated carbocycles. The first-order chi connectivity index (χ1) is 9.74. The van der Waals surface area contributed by atoms with E-state index in [9.17, 15) is 9.18 Å². The van der Waals surface area contributed by atoms with E-state index < -0.39 is 0 Å². The summed E-state index contributed by atoms with van der Waals surface area (Å²) in [5.41, 5.74) is 2.00. The number of ether oxygens (including phenoxy) is 1. The summed E-state index contributed by atoms with van der Waals surface area (Å²) in [6, 6.07) is 16.0. The molecule has 0 saturated heterocycles. The highest BCUT2D eigenvalue weighted by Gasteiger charge is 2.04. The van der Waals surface area contributed by atoms with Crippen molar-refractivity contribution < 1.29 is 13.9 Å². The molecule has 0 N–H and O–H groups in total. The minimum absolute atomic E-state index is 0.00432. The Hall–Kier alpha value is -2.00. The molecular formula is C17H17FO2. The quantitative estimate of drug-likeness (QED) is 0.723. The molecule has 0 amide bonds. The van der Waals surface area contributed by atoms with Crippen LogP contribution in [0.3, 0.4) is 0 Å². The normalized spacial score (nSPS) is 10.4. The van der Waals surface area contributed by atoms with Gasteiger partial charge in [0.2, 0.25) is 0 Å². The molecule has 2 nitrogen and oxygen atoms in total. The lowest BCUT2D eigenvalue weighted by Gasteiger charge is -2.04. The summed E-state index contributed by atoms with van der Waals surface area (Å²) in [7, 11) is 0. The molecule has 0 aliphatic carbocycles. The third-order valence-electron chi connectivity index (χ3n) is 2.96. The molecule has 0 unspecified atom stereocenters. The number of benzene rings is 2. The van der Waals surface area contributed by atoms with Gasteiger partial charge < -0.3 is 4.74 Å². The Morgan fingerprint density at radius 1 is 0.950 bits per heavy atom. The summed E-state index contributed by atoms with van der Waals surface area (Å²) in [5.74, 6) is -0.287. The minimum Gasteiger partial charge on any atom is -0.373 e. The number of ketones is 1. The highest BCUT2D eigenvalue weighted by Crippen LogP contribution is 2.04. The number of halogens is 1. The second kappa shape index (κ2) is 7.56. The average Bonchev–Trinajstić information content (AvgIpc) is 2.47. The van der Waals surface area contributed by atoms with Gasteiger partial charge in [-0.25, -0.2) is 4.39 Å². The lowest BCUT2D eigenvalue weighted by Crippen LogP contribution is -2.13. The maximum atomic E-state index is 12.7. The Morgan fingerprint density at radius 3 is 2.35 bits per heavy atom. The van der Waals surface area contributed by atoms with Gasteiger partial charge in [-0.2, -0.15) is 0 Å². The van der Waals surface area contributed by atoms with Gasteiger partial charge >= 0.3 is 0 Å². The summed E-state index contributed by atoms with van der Waals surface area (Å²) in [6.07, 6.45) is 1.08. The first-order valence-corrected chi connectivity index (χ1v) is 6.62. The van der Waals surface area contributed by atoms with Crippen molar-refractivity contribution in [2.45, 2.75) is 12.8 Å². The number of hydrogen-bond donors (Lipinski definition) is 0. The van der Waals surface area contributed by atoms with Crippen LogP contribution in [0.5, 0.6) is 0 Å². The van der Waals surface area contributed by atoms with Crippen LogP contribution in [0.4, 0.5) is 4.39 Å². The molecule has 0 fully saturated rings. The van der Waals surface area contributed by atoms with E-state index in [0.29, 0.717) is 6.61 Å². The zero-order valence-corrected chi connectivity index (χ0v) is 11.2. The number of hydrogen-bond acceptors (Lipinski definition) is 2. The van der Waals surface area contributed by atoms with Gasteiger partial charge in [-0.1, -0.05) is 42.5 Å². The largest absolute Gasteiger partial charge is 0.373 e. The molecule has 0 aromatic heterocycles. The predicted octanol–water partition coefficient (Wildman–Crippen LogP) is 3.20. The van der Waals surface area contributed by atoms with E-state index in [4.69, 9.17) is 4.74 Å². The fraction of sp³-hybridized carbons (Fsp3) is 0.235.